The fourth-order valence-electron chi connectivity index (χ4n) is 2.83. The lowest BCUT2D eigenvalue weighted by molar-refractivity contribution is 0.0697. The molecule has 1 aliphatic heterocycles. The second-order valence-electron chi connectivity index (χ2n) is 4.96. The Morgan fingerprint density at radius 2 is 1.95 bits per heavy atom. The number of hydrogen-bond acceptors (Lipinski definition) is 3. The summed E-state index contributed by atoms with van der Waals surface area (Å²) < 4.78 is 0. The fraction of sp³-hybridized carbons (Fsp3) is 0.533. The van der Waals surface area contributed by atoms with Gasteiger partial charge >= 0.3 is 5.97 Å². The van der Waals surface area contributed by atoms with Crippen molar-refractivity contribution in [2.75, 3.05) is 31.1 Å². The number of hydrogen-bond donors (Lipinski definition) is 1. The van der Waals surface area contributed by atoms with Crippen LogP contribution in [0.4, 0.5) is 5.69 Å². The highest BCUT2D eigenvalue weighted by Crippen LogP contribution is 2.23. The quantitative estimate of drug-likeness (QED) is 0.884. The largest absolute Gasteiger partial charge is 0.478 e. The molecule has 0 spiro atoms. The van der Waals surface area contributed by atoms with Crippen LogP contribution in [0.15, 0.2) is 24.3 Å². The lowest BCUT2D eigenvalue weighted by Gasteiger charge is -2.26. The van der Waals surface area contributed by atoms with Crippen molar-refractivity contribution in [2.24, 2.45) is 0 Å². The van der Waals surface area contributed by atoms with Crippen molar-refractivity contribution in [1.82, 2.24) is 4.90 Å². The Morgan fingerprint density at radius 1 is 1.32 bits per heavy atom. The van der Waals surface area contributed by atoms with Gasteiger partial charge in [-0.05, 0) is 43.8 Å². The predicted octanol–water partition coefficient (Wildman–Crippen LogP) is 2.31. The van der Waals surface area contributed by atoms with E-state index in [2.05, 4.69) is 23.6 Å². The first kappa shape index (κ1) is 13.9. The average molecular weight is 262 g/mol. The normalized spacial score (nSPS) is 19.1. The van der Waals surface area contributed by atoms with Crippen LogP contribution in [-0.2, 0) is 0 Å². The first-order valence-corrected chi connectivity index (χ1v) is 6.98. The van der Waals surface area contributed by atoms with Gasteiger partial charge in [0.1, 0.15) is 0 Å². The van der Waals surface area contributed by atoms with Gasteiger partial charge in [0.25, 0.3) is 0 Å². The van der Waals surface area contributed by atoms with Gasteiger partial charge in [-0.3, -0.25) is 4.90 Å². The van der Waals surface area contributed by atoms with Crippen molar-refractivity contribution in [1.29, 1.82) is 0 Å². The van der Waals surface area contributed by atoms with E-state index in [0.29, 0.717) is 11.6 Å². The van der Waals surface area contributed by atoms with Crippen LogP contribution in [0.2, 0.25) is 0 Å². The molecule has 104 valence electrons. The molecule has 1 N–H and O–H groups in total. The SMILES string of the molecule is CCN(CC)C1CCN(c2ccc(C(=O)O)cc2)C1. The van der Waals surface area contributed by atoms with Crippen LogP contribution < -0.4 is 4.90 Å². The van der Waals surface area contributed by atoms with Crippen molar-refractivity contribution >= 4 is 11.7 Å². The number of rotatable bonds is 5. The summed E-state index contributed by atoms with van der Waals surface area (Å²) >= 11 is 0. The highest BCUT2D eigenvalue weighted by atomic mass is 16.4. The Hall–Kier alpha value is -1.55. The minimum atomic E-state index is -0.867. The summed E-state index contributed by atoms with van der Waals surface area (Å²) in [6, 6.07) is 7.81. The molecule has 1 heterocycles. The summed E-state index contributed by atoms with van der Waals surface area (Å²) in [5, 5.41) is 8.90. The van der Waals surface area contributed by atoms with Gasteiger partial charge in [-0.15, -0.1) is 0 Å². The number of likely N-dealkylation sites (N-methyl/N-ethyl adjacent to an activating group) is 1. The number of carbonyl (C=O) groups is 1. The van der Waals surface area contributed by atoms with Crippen LogP contribution in [0, 0.1) is 0 Å². The zero-order chi connectivity index (χ0) is 13.8. The third-order valence-electron chi connectivity index (χ3n) is 3.97. The maximum atomic E-state index is 10.8. The standard InChI is InChI=1S/C15H22N2O2/c1-3-16(4-2)14-9-10-17(11-14)13-7-5-12(6-8-13)15(18)19/h5-8,14H,3-4,9-11H2,1-2H3,(H,18,19). The van der Waals surface area contributed by atoms with Crippen molar-refractivity contribution in [3.63, 3.8) is 0 Å². The van der Waals surface area contributed by atoms with E-state index in [9.17, 15) is 4.79 Å². The summed E-state index contributed by atoms with van der Waals surface area (Å²) in [5.41, 5.74) is 1.47. The minimum Gasteiger partial charge on any atom is -0.478 e. The number of carboxylic acid groups (broad SMARTS) is 1. The third-order valence-corrected chi connectivity index (χ3v) is 3.97. The molecule has 1 aromatic carbocycles. The Kier molecular flexibility index (Phi) is 4.43. The smallest absolute Gasteiger partial charge is 0.335 e. The zero-order valence-electron chi connectivity index (χ0n) is 11.7. The van der Waals surface area contributed by atoms with Gasteiger partial charge in [0.2, 0.25) is 0 Å². The molecule has 4 nitrogen and oxygen atoms in total. The van der Waals surface area contributed by atoms with E-state index in [1.807, 2.05) is 12.1 Å². The molecular formula is C15H22N2O2. The van der Waals surface area contributed by atoms with Crippen molar-refractivity contribution < 1.29 is 9.90 Å². The zero-order valence-corrected chi connectivity index (χ0v) is 11.7. The maximum absolute atomic E-state index is 10.8. The van der Waals surface area contributed by atoms with Crippen LogP contribution in [0.25, 0.3) is 0 Å². The van der Waals surface area contributed by atoms with Gasteiger partial charge in [0.15, 0.2) is 0 Å². The maximum Gasteiger partial charge on any atom is 0.335 e. The molecule has 1 unspecified atom stereocenters. The number of benzene rings is 1. The van der Waals surface area contributed by atoms with Gasteiger partial charge in [0.05, 0.1) is 5.56 Å². The summed E-state index contributed by atoms with van der Waals surface area (Å²) in [6.07, 6.45) is 1.18. The molecule has 0 bridgehead atoms. The summed E-state index contributed by atoms with van der Waals surface area (Å²) in [6.45, 7) is 8.67. The fourth-order valence-corrected chi connectivity index (χ4v) is 2.83. The van der Waals surface area contributed by atoms with Gasteiger partial charge in [-0.2, -0.15) is 0 Å². The van der Waals surface area contributed by atoms with E-state index in [4.69, 9.17) is 5.11 Å². The molecular weight excluding hydrogens is 240 g/mol. The Morgan fingerprint density at radius 3 is 2.47 bits per heavy atom. The Bertz CT molecular complexity index is 426. The first-order chi connectivity index (χ1) is 9.15. The molecule has 0 aromatic heterocycles. The Balaban J connectivity index is 2.02. The molecule has 2 rings (SSSR count). The highest BCUT2D eigenvalue weighted by molar-refractivity contribution is 5.88. The van der Waals surface area contributed by atoms with Crippen molar-refractivity contribution in [2.45, 2.75) is 26.3 Å². The lowest BCUT2D eigenvalue weighted by atomic mass is 10.2. The number of anilines is 1. The molecule has 0 saturated carbocycles. The monoisotopic (exact) mass is 262 g/mol. The van der Waals surface area contributed by atoms with Crippen LogP contribution in [-0.4, -0.2) is 48.2 Å². The van der Waals surface area contributed by atoms with Gasteiger partial charge in [-0.1, -0.05) is 13.8 Å². The van der Waals surface area contributed by atoms with Gasteiger partial charge in [0, 0.05) is 24.8 Å². The molecule has 1 aliphatic rings. The van der Waals surface area contributed by atoms with E-state index < -0.39 is 5.97 Å². The number of carboxylic acids is 1. The van der Waals surface area contributed by atoms with E-state index >= 15 is 0 Å². The van der Waals surface area contributed by atoms with Crippen LogP contribution in [0.5, 0.6) is 0 Å². The van der Waals surface area contributed by atoms with E-state index in [-0.39, 0.29) is 0 Å². The number of nitrogens with zero attached hydrogens (tertiary/aromatic N) is 2. The average Bonchev–Trinajstić information content (AvgIpc) is 2.90. The molecule has 0 radical (unpaired) electrons. The Labute approximate surface area is 114 Å². The van der Waals surface area contributed by atoms with Crippen LogP contribution >= 0.6 is 0 Å². The van der Waals surface area contributed by atoms with Crippen molar-refractivity contribution in [3.05, 3.63) is 29.8 Å². The molecule has 1 aromatic rings. The molecule has 4 heteroatoms. The molecule has 0 amide bonds. The van der Waals surface area contributed by atoms with Gasteiger partial charge in [-0.25, -0.2) is 4.79 Å². The molecule has 1 fully saturated rings. The molecule has 0 aliphatic carbocycles. The predicted molar refractivity (Wildman–Crippen MR) is 76.9 cm³/mol. The minimum absolute atomic E-state index is 0.350. The lowest BCUT2D eigenvalue weighted by Crippen LogP contribution is -2.37. The topological polar surface area (TPSA) is 43.8 Å². The van der Waals surface area contributed by atoms with E-state index in [0.717, 1.165) is 31.9 Å². The molecule has 19 heavy (non-hydrogen) atoms. The van der Waals surface area contributed by atoms with Gasteiger partial charge < -0.3 is 10.0 Å². The summed E-state index contributed by atoms with van der Waals surface area (Å²) in [4.78, 5) is 15.7. The van der Waals surface area contributed by atoms with Crippen molar-refractivity contribution in [3.8, 4) is 0 Å². The number of aromatic carboxylic acids is 1. The third kappa shape index (κ3) is 3.07. The van der Waals surface area contributed by atoms with E-state index in [1.54, 1.807) is 12.1 Å². The summed E-state index contributed by atoms with van der Waals surface area (Å²) in [5.74, 6) is -0.867. The second-order valence-corrected chi connectivity index (χ2v) is 4.96. The molecule has 1 atom stereocenters. The van der Waals surface area contributed by atoms with Crippen LogP contribution in [0.3, 0.4) is 0 Å². The van der Waals surface area contributed by atoms with Crippen LogP contribution in [0.1, 0.15) is 30.6 Å². The summed E-state index contributed by atoms with van der Waals surface area (Å²) in [7, 11) is 0. The molecule has 1 saturated heterocycles. The highest BCUT2D eigenvalue weighted by Gasteiger charge is 2.26. The van der Waals surface area contributed by atoms with E-state index in [1.165, 1.54) is 6.42 Å². The second kappa shape index (κ2) is 6.06. The first-order valence-electron chi connectivity index (χ1n) is 6.98.